The molecule has 1 heterocycles. The number of aromatic nitrogens is 2. The molecule has 5 heteroatoms. The summed E-state index contributed by atoms with van der Waals surface area (Å²) < 4.78 is 4.71. The predicted octanol–water partition coefficient (Wildman–Crippen LogP) is 0.249. The molecule has 0 fully saturated rings. The average Bonchev–Trinajstić information content (AvgIpc) is 2.07. The van der Waals surface area contributed by atoms with Gasteiger partial charge >= 0.3 is 5.97 Å². The number of carboxylic acid groups (broad SMARTS) is 1. The molecule has 0 amide bonds. The minimum Gasteiger partial charge on any atom is -0.479 e. The molecule has 1 N–H and O–H groups in total. The Morgan fingerprint density at radius 2 is 2.50 bits per heavy atom. The average molecular weight is 168 g/mol. The zero-order valence-electron chi connectivity index (χ0n) is 6.47. The maximum absolute atomic E-state index is 10.5. The van der Waals surface area contributed by atoms with Crippen LogP contribution in [0.5, 0.6) is 0 Å². The van der Waals surface area contributed by atoms with E-state index in [-0.39, 0.29) is 0 Å². The number of rotatable bonds is 3. The predicted molar refractivity (Wildman–Crippen MR) is 39.4 cm³/mol. The van der Waals surface area contributed by atoms with Gasteiger partial charge in [-0.3, -0.25) is 0 Å². The van der Waals surface area contributed by atoms with Crippen molar-refractivity contribution in [3.8, 4) is 0 Å². The van der Waals surface area contributed by atoms with Gasteiger partial charge in [0.2, 0.25) is 0 Å². The first kappa shape index (κ1) is 8.61. The molecule has 0 spiro atoms. The topological polar surface area (TPSA) is 72.3 Å². The van der Waals surface area contributed by atoms with Crippen LogP contribution in [0.2, 0.25) is 0 Å². The fourth-order valence-corrected chi connectivity index (χ4v) is 0.804. The maximum Gasteiger partial charge on any atom is 0.339 e. The minimum absolute atomic E-state index is 0.347. The van der Waals surface area contributed by atoms with Crippen LogP contribution in [0.1, 0.15) is 11.8 Å². The molecular weight excluding hydrogens is 160 g/mol. The van der Waals surface area contributed by atoms with Crippen molar-refractivity contribution in [3.63, 3.8) is 0 Å². The molecule has 1 unspecified atom stereocenters. The standard InChI is InChI=1S/C7H8N2O3/c1-12-6(7(10)11)5-2-3-8-4-9-5/h2-4,6H,1H3,(H,10,11). The lowest BCUT2D eigenvalue weighted by Crippen LogP contribution is -2.14. The van der Waals surface area contributed by atoms with Crippen LogP contribution in [0, 0.1) is 0 Å². The van der Waals surface area contributed by atoms with Gasteiger partial charge in [0.1, 0.15) is 6.33 Å². The van der Waals surface area contributed by atoms with Crippen LogP contribution in [0.3, 0.4) is 0 Å². The first-order valence-electron chi connectivity index (χ1n) is 3.27. The second kappa shape index (κ2) is 3.77. The van der Waals surface area contributed by atoms with Crippen molar-refractivity contribution < 1.29 is 14.6 Å². The molecule has 1 aromatic heterocycles. The fourth-order valence-electron chi connectivity index (χ4n) is 0.804. The van der Waals surface area contributed by atoms with Gasteiger partial charge < -0.3 is 9.84 Å². The second-order valence-corrected chi connectivity index (χ2v) is 2.09. The van der Waals surface area contributed by atoms with Crippen LogP contribution in [0.15, 0.2) is 18.6 Å². The number of hydrogen-bond acceptors (Lipinski definition) is 4. The fraction of sp³-hybridized carbons (Fsp3) is 0.286. The van der Waals surface area contributed by atoms with E-state index in [0.717, 1.165) is 0 Å². The molecule has 0 aliphatic heterocycles. The zero-order chi connectivity index (χ0) is 8.97. The number of aliphatic carboxylic acids is 1. The Kier molecular flexibility index (Phi) is 2.71. The second-order valence-electron chi connectivity index (χ2n) is 2.09. The number of ether oxygens (including phenoxy) is 1. The van der Waals surface area contributed by atoms with Gasteiger partial charge in [0.05, 0.1) is 5.69 Å². The number of carbonyl (C=O) groups is 1. The van der Waals surface area contributed by atoms with Crippen molar-refractivity contribution in [3.05, 3.63) is 24.3 Å². The molecule has 64 valence electrons. The van der Waals surface area contributed by atoms with E-state index in [9.17, 15) is 4.79 Å². The van der Waals surface area contributed by atoms with E-state index in [1.165, 1.54) is 25.7 Å². The SMILES string of the molecule is COC(C(=O)O)c1ccncn1. The quantitative estimate of drug-likeness (QED) is 0.700. The number of nitrogens with zero attached hydrogens (tertiary/aromatic N) is 2. The largest absolute Gasteiger partial charge is 0.479 e. The van der Waals surface area contributed by atoms with Crippen molar-refractivity contribution in [2.24, 2.45) is 0 Å². The summed E-state index contributed by atoms with van der Waals surface area (Å²) in [7, 11) is 1.32. The van der Waals surface area contributed by atoms with E-state index in [4.69, 9.17) is 9.84 Å². The van der Waals surface area contributed by atoms with Crippen LogP contribution < -0.4 is 0 Å². The van der Waals surface area contributed by atoms with E-state index < -0.39 is 12.1 Å². The van der Waals surface area contributed by atoms with Crippen LogP contribution in [0.4, 0.5) is 0 Å². The molecule has 1 rings (SSSR count). The van der Waals surface area contributed by atoms with Crippen LogP contribution >= 0.6 is 0 Å². The zero-order valence-corrected chi connectivity index (χ0v) is 6.47. The third-order valence-electron chi connectivity index (χ3n) is 1.33. The van der Waals surface area contributed by atoms with Gasteiger partial charge in [0.15, 0.2) is 6.10 Å². The highest BCUT2D eigenvalue weighted by Crippen LogP contribution is 2.11. The molecule has 0 aliphatic rings. The first-order valence-corrected chi connectivity index (χ1v) is 3.27. The van der Waals surface area contributed by atoms with E-state index in [1.807, 2.05) is 0 Å². The summed E-state index contributed by atoms with van der Waals surface area (Å²) in [5.74, 6) is -1.06. The highest BCUT2D eigenvalue weighted by Gasteiger charge is 2.19. The van der Waals surface area contributed by atoms with E-state index in [2.05, 4.69) is 9.97 Å². The lowest BCUT2D eigenvalue weighted by Gasteiger charge is -2.07. The van der Waals surface area contributed by atoms with Crippen LogP contribution in [0.25, 0.3) is 0 Å². The summed E-state index contributed by atoms with van der Waals surface area (Å²) in [4.78, 5) is 18.0. The molecule has 1 aromatic rings. The minimum atomic E-state index is -1.06. The molecule has 0 saturated carbocycles. The van der Waals surface area contributed by atoms with E-state index >= 15 is 0 Å². The van der Waals surface area contributed by atoms with Crippen LogP contribution in [-0.2, 0) is 9.53 Å². The number of carboxylic acids is 1. The molecular formula is C7H8N2O3. The van der Waals surface area contributed by atoms with Gasteiger partial charge in [-0.15, -0.1) is 0 Å². The third kappa shape index (κ3) is 1.76. The van der Waals surface area contributed by atoms with Crippen molar-refractivity contribution >= 4 is 5.97 Å². The molecule has 0 aliphatic carbocycles. The summed E-state index contributed by atoms with van der Waals surface area (Å²) in [5.41, 5.74) is 0.347. The summed E-state index contributed by atoms with van der Waals surface area (Å²) in [6.07, 6.45) is 1.75. The van der Waals surface area contributed by atoms with E-state index in [0.29, 0.717) is 5.69 Å². The highest BCUT2D eigenvalue weighted by molar-refractivity contribution is 5.73. The molecule has 5 nitrogen and oxygen atoms in total. The molecule has 12 heavy (non-hydrogen) atoms. The Morgan fingerprint density at radius 1 is 1.75 bits per heavy atom. The molecule has 1 atom stereocenters. The van der Waals surface area contributed by atoms with Crippen molar-refractivity contribution in [2.45, 2.75) is 6.10 Å². The number of methoxy groups -OCH3 is 1. The molecule has 0 saturated heterocycles. The van der Waals surface area contributed by atoms with Gasteiger partial charge in [0, 0.05) is 13.3 Å². The van der Waals surface area contributed by atoms with Gasteiger partial charge in [0.25, 0.3) is 0 Å². The van der Waals surface area contributed by atoms with Crippen LogP contribution in [-0.4, -0.2) is 28.2 Å². The first-order chi connectivity index (χ1) is 5.75. The molecule has 0 radical (unpaired) electrons. The Morgan fingerprint density at radius 3 is 2.92 bits per heavy atom. The van der Waals surface area contributed by atoms with Gasteiger partial charge in [-0.05, 0) is 6.07 Å². The van der Waals surface area contributed by atoms with Gasteiger partial charge in [-0.1, -0.05) is 0 Å². The summed E-state index contributed by atoms with van der Waals surface area (Å²) in [5, 5.41) is 8.64. The Hall–Kier alpha value is -1.49. The van der Waals surface area contributed by atoms with Gasteiger partial charge in [-0.2, -0.15) is 0 Å². The number of hydrogen-bond donors (Lipinski definition) is 1. The highest BCUT2D eigenvalue weighted by atomic mass is 16.5. The Labute approximate surface area is 69.0 Å². The summed E-state index contributed by atoms with van der Waals surface area (Å²) in [6.45, 7) is 0. The Bertz CT molecular complexity index is 263. The smallest absolute Gasteiger partial charge is 0.339 e. The van der Waals surface area contributed by atoms with Crippen molar-refractivity contribution in [2.75, 3.05) is 7.11 Å². The van der Waals surface area contributed by atoms with Crippen molar-refractivity contribution in [1.82, 2.24) is 9.97 Å². The maximum atomic E-state index is 10.5. The van der Waals surface area contributed by atoms with Gasteiger partial charge in [-0.25, -0.2) is 14.8 Å². The molecule has 0 aromatic carbocycles. The lowest BCUT2D eigenvalue weighted by atomic mass is 10.2. The third-order valence-corrected chi connectivity index (χ3v) is 1.33. The normalized spacial score (nSPS) is 12.4. The molecule has 0 bridgehead atoms. The lowest BCUT2D eigenvalue weighted by molar-refractivity contribution is -0.149. The monoisotopic (exact) mass is 168 g/mol. The summed E-state index contributed by atoms with van der Waals surface area (Å²) in [6, 6.07) is 1.50. The van der Waals surface area contributed by atoms with E-state index in [1.54, 1.807) is 0 Å². The Balaban J connectivity index is 2.88. The summed E-state index contributed by atoms with van der Waals surface area (Å²) >= 11 is 0. The van der Waals surface area contributed by atoms with Crippen molar-refractivity contribution in [1.29, 1.82) is 0 Å².